The van der Waals surface area contributed by atoms with Crippen LogP contribution < -0.4 is 10.6 Å². The van der Waals surface area contributed by atoms with E-state index in [1.54, 1.807) is 36.4 Å². The number of thioether (sulfide) groups is 1. The van der Waals surface area contributed by atoms with Crippen LogP contribution in [0.3, 0.4) is 0 Å². The molecule has 2 amide bonds. The van der Waals surface area contributed by atoms with Crippen LogP contribution in [0.5, 0.6) is 0 Å². The lowest BCUT2D eigenvalue weighted by molar-refractivity contribution is -0.116. The molecule has 0 aliphatic heterocycles. The first-order chi connectivity index (χ1) is 14.1. The first-order valence-electron chi connectivity index (χ1n) is 9.42. The van der Waals surface area contributed by atoms with Crippen molar-refractivity contribution < 1.29 is 18.0 Å². The second-order valence-corrected chi connectivity index (χ2v) is 10.1. The van der Waals surface area contributed by atoms with Crippen molar-refractivity contribution in [1.29, 1.82) is 0 Å². The molecule has 2 aromatic rings. The molecule has 0 heterocycles. The van der Waals surface area contributed by atoms with Gasteiger partial charge in [0, 0.05) is 18.5 Å². The van der Waals surface area contributed by atoms with Crippen LogP contribution in [-0.2, 0) is 14.8 Å². The monoisotopic (exact) mass is 449 g/mol. The van der Waals surface area contributed by atoms with Crippen molar-refractivity contribution in [3.63, 3.8) is 0 Å². The zero-order valence-corrected chi connectivity index (χ0v) is 19.1. The maximum Gasteiger partial charge on any atom is 0.253 e. The molecule has 2 N–H and O–H groups in total. The Balaban J connectivity index is 2.09. The number of hydrogen-bond acceptors (Lipinski definition) is 5. The molecule has 0 saturated heterocycles. The van der Waals surface area contributed by atoms with E-state index in [0.29, 0.717) is 23.7 Å². The summed E-state index contributed by atoms with van der Waals surface area (Å²) in [5, 5.41) is 5.45. The molecule has 0 fully saturated rings. The normalized spacial score (nSPS) is 11.5. The molecule has 9 heteroatoms. The summed E-state index contributed by atoms with van der Waals surface area (Å²) >= 11 is 1.51. The Hall–Kier alpha value is -2.36. The molecule has 7 nitrogen and oxygen atoms in total. The highest BCUT2D eigenvalue weighted by atomic mass is 32.2. The predicted molar refractivity (Wildman–Crippen MR) is 120 cm³/mol. The summed E-state index contributed by atoms with van der Waals surface area (Å²) in [5.41, 5.74) is 0.656. The molecule has 0 saturated carbocycles. The Kier molecular flexibility index (Phi) is 8.45. The molecule has 0 aliphatic carbocycles. The summed E-state index contributed by atoms with van der Waals surface area (Å²) in [6.45, 7) is 4.10. The number of nitrogens with one attached hydrogen (secondary N) is 2. The number of sulfonamides is 1. The fraction of sp³-hybridized carbons (Fsp3) is 0.333. The van der Waals surface area contributed by atoms with Crippen molar-refractivity contribution in [2.24, 2.45) is 5.92 Å². The zero-order chi connectivity index (χ0) is 22.3. The largest absolute Gasteiger partial charge is 0.352 e. The molecule has 0 radical (unpaired) electrons. The second-order valence-electron chi connectivity index (χ2n) is 7.13. The van der Waals surface area contributed by atoms with E-state index in [4.69, 9.17) is 0 Å². The van der Waals surface area contributed by atoms with E-state index >= 15 is 0 Å². The summed E-state index contributed by atoms with van der Waals surface area (Å²) in [5.74, 6) is -0.542. The van der Waals surface area contributed by atoms with Gasteiger partial charge in [0.15, 0.2) is 0 Å². The molecule has 0 bridgehead atoms. The van der Waals surface area contributed by atoms with Crippen molar-refractivity contribution in [1.82, 2.24) is 9.62 Å². The number of amides is 2. The van der Waals surface area contributed by atoms with Gasteiger partial charge in [-0.15, -0.1) is 11.8 Å². The van der Waals surface area contributed by atoms with Gasteiger partial charge in [0.05, 0.1) is 22.7 Å². The molecule has 0 unspecified atom stereocenters. The van der Waals surface area contributed by atoms with Gasteiger partial charge in [-0.05, 0) is 48.6 Å². The quantitative estimate of drug-likeness (QED) is 0.574. The number of rotatable bonds is 9. The average Bonchev–Trinajstić information content (AvgIpc) is 2.72. The molecular weight excluding hydrogens is 422 g/mol. The van der Waals surface area contributed by atoms with Gasteiger partial charge in [-0.3, -0.25) is 9.59 Å². The number of likely N-dealkylation sites (N-methyl/N-ethyl adjacent to an activating group) is 1. The number of anilines is 1. The van der Waals surface area contributed by atoms with Crippen molar-refractivity contribution in [2.75, 3.05) is 31.7 Å². The Morgan fingerprint density at radius 3 is 2.30 bits per heavy atom. The molecule has 162 valence electrons. The number of benzene rings is 2. The van der Waals surface area contributed by atoms with Crippen LogP contribution >= 0.6 is 11.8 Å². The standard InChI is InChI=1S/C21H27N3O4S2/c1-15(2)13-22-21(26)18-7-5-6-8-19(18)23-20(25)14-24(3)30(27,28)17-11-9-16(29-4)10-12-17/h5-12,15H,13-14H2,1-4H3,(H,22,26)(H,23,25). The number of carbonyl (C=O) groups is 2. The first-order valence-corrected chi connectivity index (χ1v) is 12.1. The van der Waals surface area contributed by atoms with Gasteiger partial charge in [0.25, 0.3) is 5.91 Å². The number of hydrogen-bond donors (Lipinski definition) is 2. The second kappa shape index (κ2) is 10.6. The molecule has 0 atom stereocenters. The van der Waals surface area contributed by atoms with E-state index in [0.717, 1.165) is 9.20 Å². The third-order valence-corrected chi connectivity index (χ3v) is 6.81. The Bertz CT molecular complexity index is 990. The Labute approximate surface area is 182 Å². The topological polar surface area (TPSA) is 95.6 Å². The summed E-state index contributed by atoms with van der Waals surface area (Å²) < 4.78 is 26.4. The number of carbonyl (C=O) groups excluding carboxylic acids is 2. The third-order valence-electron chi connectivity index (χ3n) is 4.25. The number of nitrogens with zero attached hydrogens (tertiary/aromatic N) is 1. The SMILES string of the molecule is CSc1ccc(S(=O)(=O)N(C)CC(=O)Nc2ccccc2C(=O)NCC(C)C)cc1. The van der Waals surface area contributed by atoms with Crippen molar-refractivity contribution in [2.45, 2.75) is 23.6 Å². The van der Waals surface area contributed by atoms with E-state index in [1.807, 2.05) is 20.1 Å². The van der Waals surface area contributed by atoms with Gasteiger partial charge < -0.3 is 10.6 Å². The van der Waals surface area contributed by atoms with Crippen LogP contribution in [0.25, 0.3) is 0 Å². The number of para-hydroxylation sites is 1. The highest BCUT2D eigenvalue weighted by Crippen LogP contribution is 2.20. The first kappa shape index (κ1) is 23.9. The molecule has 2 rings (SSSR count). The van der Waals surface area contributed by atoms with Gasteiger partial charge >= 0.3 is 0 Å². The van der Waals surface area contributed by atoms with Crippen molar-refractivity contribution >= 4 is 39.3 Å². The lowest BCUT2D eigenvalue weighted by Crippen LogP contribution is -2.35. The highest BCUT2D eigenvalue weighted by Gasteiger charge is 2.23. The maximum atomic E-state index is 12.7. The van der Waals surface area contributed by atoms with E-state index in [9.17, 15) is 18.0 Å². The minimum Gasteiger partial charge on any atom is -0.352 e. The van der Waals surface area contributed by atoms with Gasteiger partial charge in [-0.2, -0.15) is 4.31 Å². The summed E-state index contributed by atoms with van der Waals surface area (Å²) in [4.78, 5) is 26.0. The molecule has 2 aromatic carbocycles. The smallest absolute Gasteiger partial charge is 0.253 e. The van der Waals surface area contributed by atoms with Crippen molar-refractivity contribution in [3.8, 4) is 0 Å². The lowest BCUT2D eigenvalue weighted by atomic mass is 10.1. The van der Waals surface area contributed by atoms with E-state index < -0.39 is 15.9 Å². The van der Waals surface area contributed by atoms with Crippen molar-refractivity contribution in [3.05, 3.63) is 54.1 Å². The van der Waals surface area contributed by atoms with E-state index in [-0.39, 0.29) is 17.3 Å². The summed E-state index contributed by atoms with van der Waals surface area (Å²) in [7, 11) is -2.47. The fourth-order valence-corrected chi connectivity index (χ4v) is 4.12. The Morgan fingerprint density at radius 2 is 1.70 bits per heavy atom. The molecule has 30 heavy (non-hydrogen) atoms. The Morgan fingerprint density at radius 1 is 1.07 bits per heavy atom. The van der Waals surface area contributed by atoms with Gasteiger partial charge in [-0.1, -0.05) is 26.0 Å². The predicted octanol–water partition coefficient (Wildman–Crippen LogP) is 3.05. The highest BCUT2D eigenvalue weighted by molar-refractivity contribution is 7.98. The van der Waals surface area contributed by atoms with Crippen LogP contribution in [-0.4, -0.2) is 50.9 Å². The minimum atomic E-state index is -3.81. The van der Waals surface area contributed by atoms with Crippen LogP contribution in [0.4, 0.5) is 5.69 Å². The molecular formula is C21H27N3O4S2. The minimum absolute atomic E-state index is 0.115. The lowest BCUT2D eigenvalue weighted by Gasteiger charge is -2.18. The average molecular weight is 450 g/mol. The van der Waals surface area contributed by atoms with Gasteiger partial charge in [0.1, 0.15) is 0 Å². The summed E-state index contributed by atoms with van der Waals surface area (Å²) in [6, 6.07) is 13.1. The molecule has 0 spiro atoms. The third kappa shape index (κ3) is 6.32. The van der Waals surface area contributed by atoms with E-state index in [2.05, 4.69) is 10.6 Å². The van der Waals surface area contributed by atoms with E-state index in [1.165, 1.54) is 30.9 Å². The molecule has 0 aromatic heterocycles. The van der Waals surface area contributed by atoms with Gasteiger partial charge in [-0.25, -0.2) is 8.42 Å². The van der Waals surface area contributed by atoms with Crippen LogP contribution in [0.2, 0.25) is 0 Å². The van der Waals surface area contributed by atoms with Crippen LogP contribution in [0.15, 0.2) is 58.3 Å². The van der Waals surface area contributed by atoms with Crippen LogP contribution in [0, 0.1) is 5.92 Å². The fourth-order valence-electron chi connectivity index (χ4n) is 2.59. The molecule has 0 aliphatic rings. The summed E-state index contributed by atoms with van der Waals surface area (Å²) in [6.07, 6.45) is 1.90. The zero-order valence-electron chi connectivity index (χ0n) is 17.5. The van der Waals surface area contributed by atoms with Crippen LogP contribution in [0.1, 0.15) is 24.2 Å². The van der Waals surface area contributed by atoms with Gasteiger partial charge in [0.2, 0.25) is 15.9 Å². The maximum absolute atomic E-state index is 12.7.